The zero-order chi connectivity index (χ0) is 20.3. The Hall–Kier alpha value is -2.97. The molecule has 0 unspecified atom stereocenters. The lowest BCUT2D eigenvalue weighted by Crippen LogP contribution is -2.54. The maximum absolute atomic E-state index is 13.1. The van der Waals surface area contributed by atoms with Gasteiger partial charge < -0.3 is 19.9 Å². The Labute approximate surface area is 168 Å². The summed E-state index contributed by atoms with van der Waals surface area (Å²) >= 11 is 0. The van der Waals surface area contributed by atoms with Crippen LogP contribution in [0.5, 0.6) is 5.75 Å². The molecular formula is C21H24N4O4. The first-order valence-electron chi connectivity index (χ1n) is 9.61. The second kappa shape index (κ2) is 8.18. The summed E-state index contributed by atoms with van der Waals surface area (Å²) in [7, 11) is 1.74. The Morgan fingerprint density at radius 2 is 2.14 bits per heavy atom. The molecular weight excluding hydrogens is 372 g/mol. The van der Waals surface area contributed by atoms with Crippen molar-refractivity contribution in [3.8, 4) is 5.75 Å². The zero-order valence-corrected chi connectivity index (χ0v) is 16.3. The Balaban J connectivity index is 1.58. The summed E-state index contributed by atoms with van der Waals surface area (Å²) in [6.45, 7) is 1.23. The second-order valence-electron chi connectivity index (χ2n) is 7.27. The Morgan fingerprint density at radius 3 is 2.86 bits per heavy atom. The van der Waals surface area contributed by atoms with Gasteiger partial charge in [-0.05, 0) is 43.2 Å². The fraction of sp³-hybridized carbons (Fsp3) is 0.381. The normalized spacial score (nSPS) is 15.9. The van der Waals surface area contributed by atoms with Gasteiger partial charge in [-0.3, -0.25) is 14.5 Å². The summed E-state index contributed by atoms with van der Waals surface area (Å²) in [5.41, 5.74) is 1.29. The van der Waals surface area contributed by atoms with Gasteiger partial charge in [0.1, 0.15) is 18.1 Å². The van der Waals surface area contributed by atoms with Gasteiger partial charge in [0.2, 0.25) is 0 Å². The fourth-order valence-electron chi connectivity index (χ4n) is 3.56. The number of hydrogen-bond acceptors (Lipinski definition) is 6. The Morgan fingerprint density at radius 1 is 1.31 bits per heavy atom. The van der Waals surface area contributed by atoms with Crippen LogP contribution in [0.2, 0.25) is 0 Å². The number of aliphatic hydroxyl groups excluding tert-OH is 1. The molecule has 3 aromatic rings. The highest BCUT2D eigenvalue weighted by Crippen LogP contribution is 2.26. The molecule has 0 saturated carbocycles. The molecule has 0 radical (unpaired) electrons. The average Bonchev–Trinajstić information content (AvgIpc) is 3.08. The maximum Gasteiger partial charge on any atom is 0.270 e. The number of benzene rings is 1. The minimum absolute atomic E-state index is 0.129. The molecule has 0 spiro atoms. The van der Waals surface area contributed by atoms with Crippen molar-refractivity contribution >= 4 is 16.8 Å². The molecule has 1 aliphatic rings. The number of fused-ring (bicyclic) bond motifs is 1. The number of amides is 1. The van der Waals surface area contributed by atoms with Gasteiger partial charge in [-0.2, -0.15) is 5.10 Å². The molecule has 1 amide bonds. The van der Waals surface area contributed by atoms with Crippen LogP contribution >= 0.6 is 0 Å². The first-order chi connectivity index (χ1) is 14.1. The molecule has 0 bridgehead atoms. The van der Waals surface area contributed by atoms with E-state index in [1.807, 2.05) is 36.4 Å². The van der Waals surface area contributed by atoms with E-state index < -0.39 is 5.54 Å². The minimum atomic E-state index is -0.668. The molecule has 4 rings (SSSR count). The monoisotopic (exact) mass is 396 g/mol. The number of aliphatic hydroxyl groups is 1. The van der Waals surface area contributed by atoms with Gasteiger partial charge in [-0.25, -0.2) is 0 Å². The SMILES string of the molecule is Cn1nc2ccc(OCc3ccccn3)cc2c1C(=O)NC1(CO)CCOCC1. The summed E-state index contributed by atoms with van der Waals surface area (Å²) in [5, 5.41) is 18.0. The van der Waals surface area contributed by atoms with Crippen LogP contribution in [0.4, 0.5) is 0 Å². The molecule has 152 valence electrons. The lowest BCUT2D eigenvalue weighted by atomic mass is 9.90. The van der Waals surface area contributed by atoms with Crippen LogP contribution in [0.1, 0.15) is 29.0 Å². The van der Waals surface area contributed by atoms with E-state index in [2.05, 4.69) is 15.4 Å². The van der Waals surface area contributed by atoms with Crippen LogP contribution in [0.15, 0.2) is 42.6 Å². The van der Waals surface area contributed by atoms with Gasteiger partial charge in [0.25, 0.3) is 5.91 Å². The van der Waals surface area contributed by atoms with E-state index in [1.165, 1.54) is 0 Å². The molecule has 2 aromatic heterocycles. The van der Waals surface area contributed by atoms with E-state index in [4.69, 9.17) is 9.47 Å². The lowest BCUT2D eigenvalue weighted by Gasteiger charge is -2.36. The van der Waals surface area contributed by atoms with E-state index in [9.17, 15) is 9.90 Å². The van der Waals surface area contributed by atoms with Crippen LogP contribution in [-0.2, 0) is 18.4 Å². The summed E-state index contributed by atoms with van der Waals surface area (Å²) in [6, 6.07) is 11.1. The molecule has 0 atom stereocenters. The van der Waals surface area contributed by atoms with Gasteiger partial charge in [0.15, 0.2) is 0 Å². The van der Waals surface area contributed by atoms with Crippen molar-refractivity contribution in [3.05, 3.63) is 54.0 Å². The van der Waals surface area contributed by atoms with Gasteiger partial charge in [0, 0.05) is 31.8 Å². The maximum atomic E-state index is 13.1. The first-order valence-corrected chi connectivity index (χ1v) is 9.61. The van der Waals surface area contributed by atoms with Crippen LogP contribution in [-0.4, -0.2) is 51.1 Å². The number of carbonyl (C=O) groups excluding carboxylic acids is 1. The molecule has 1 saturated heterocycles. The van der Waals surface area contributed by atoms with Gasteiger partial charge in [-0.15, -0.1) is 0 Å². The number of carbonyl (C=O) groups is 1. The number of hydrogen-bond donors (Lipinski definition) is 2. The van der Waals surface area contributed by atoms with E-state index >= 15 is 0 Å². The van der Waals surface area contributed by atoms with E-state index in [1.54, 1.807) is 17.9 Å². The van der Waals surface area contributed by atoms with Crippen molar-refractivity contribution in [2.45, 2.75) is 25.0 Å². The number of aromatic nitrogens is 3. The number of aryl methyl sites for hydroxylation is 1. The number of ether oxygens (including phenoxy) is 2. The van der Waals surface area contributed by atoms with Crippen molar-refractivity contribution in [3.63, 3.8) is 0 Å². The predicted octanol–water partition coefficient (Wildman–Crippen LogP) is 1.82. The number of rotatable bonds is 6. The Bertz CT molecular complexity index is 997. The molecule has 1 fully saturated rings. The molecule has 1 aliphatic heterocycles. The van der Waals surface area contributed by atoms with Crippen LogP contribution < -0.4 is 10.1 Å². The standard InChI is InChI=1S/C21H24N4O4/c1-25-19(20(27)23-21(14-26)7-10-28-11-8-21)17-12-16(5-6-18(17)24-25)29-13-15-4-2-3-9-22-15/h2-6,9,12,26H,7-8,10-11,13-14H2,1H3,(H,23,27). The fourth-order valence-corrected chi connectivity index (χ4v) is 3.56. The predicted molar refractivity (Wildman–Crippen MR) is 107 cm³/mol. The van der Waals surface area contributed by atoms with E-state index in [-0.39, 0.29) is 12.5 Å². The highest BCUT2D eigenvalue weighted by molar-refractivity contribution is 6.05. The number of nitrogens with one attached hydrogen (secondary N) is 1. The summed E-state index contributed by atoms with van der Waals surface area (Å²) in [4.78, 5) is 17.3. The molecule has 1 aromatic carbocycles. The summed E-state index contributed by atoms with van der Waals surface area (Å²) in [5.74, 6) is 0.362. The largest absolute Gasteiger partial charge is 0.487 e. The lowest BCUT2D eigenvalue weighted by molar-refractivity contribution is 0.0124. The van der Waals surface area contributed by atoms with Crippen LogP contribution in [0, 0.1) is 0 Å². The number of nitrogens with zero attached hydrogens (tertiary/aromatic N) is 3. The molecule has 29 heavy (non-hydrogen) atoms. The van der Waals surface area contributed by atoms with Crippen molar-refractivity contribution in [2.24, 2.45) is 7.05 Å². The van der Waals surface area contributed by atoms with Gasteiger partial charge in [0.05, 0.1) is 23.4 Å². The van der Waals surface area contributed by atoms with Gasteiger partial charge in [-0.1, -0.05) is 6.07 Å². The third kappa shape index (κ3) is 4.08. The molecule has 3 heterocycles. The third-order valence-corrected chi connectivity index (χ3v) is 5.26. The van der Waals surface area contributed by atoms with E-state index in [0.29, 0.717) is 55.0 Å². The quantitative estimate of drug-likeness (QED) is 0.660. The highest BCUT2D eigenvalue weighted by atomic mass is 16.5. The summed E-state index contributed by atoms with van der Waals surface area (Å²) in [6.07, 6.45) is 2.87. The number of pyridine rings is 1. The molecule has 2 N–H and O–H groups in total. The minimum Gasteiger partial charge on any atom is -0.487 e. The van der Waals surface area contributed by atoms with Gasteiger partial charge >= 0.3 is 0 Å². The van der Waals surface area contributed by atoms with Crippen molar-refractivity contribution in [2.75, 3.05) is 19.8 Å². The topological polar surface area (TPSA) is 98.5 Å². The average molecular weight is 396 g/mol. The molecule has 8 nitrogen and oxygen atoms in total. The molecule has 0 aliphatic carbocycles. The first kappa shape index (κ1) is 19.4. The highest BCUT2D eigenvalue weighted by Gasteiger charge is 2.35. The second-order valence-corrected chi connectivity index (χ2v) is 7.27. The molecule has 8 heteroatoms. The van der Waals surface area contributed by atoms with Crippen molar-refractivity contribution < 1.29 is 19.4 Å². The third-order valence-electron chi connectivity index (χ3n) is 5.26. The zero-order valence-electron chi connectivity index (χ0n) is 16.3. The van der Waals surface area contributed by atoms with E-state index in [0.717, 1.165) is 5.69 Å². The Kier molecular flexibility index (Phi) is 5.46. The van der Waals surface area contributed by atoms with Crippen molar-refractivity contribution in [1.82, 2.24) is 20.1 Å². The van der Waals surface area contributed by atoms with Crippen LogP contribution in [0.3, 0.4) is 0 Å². The smallest absolute Gasteiger partial charge is 0.270 e. The summed E-state index contributed by atoms with van der Waals surface area (Å²) < 4.78 is 12.8. The van der Waals surface area contributed by atoms with Crippen LogP contribution in [0.25, 0.3) is 10.9 Å². The van der Waals surface area contributed by atoms with Crippen molar-refractivity contribution in [1.29, 1.82) is 0 Å².